The summed E-state index contributed by atoms with van der Waals surface area (Å²) in [4.78, 5) is 0.266. The van der Waals surface area contributed by atoms with E-state index < -0.39 is 10.0 Å². The lowest BCUT2D eigenvalue weighted by molar-refractivity contribution is 0.560. The third-order valence-corrected chi connectivity index (χ3v) is 6.03. The first-order valence-corrected chi connectivity index (χ1v) is 8.73. The topological polar surface area (TPSA) is 37.4 Å². The van der Waals surface area contributed by atoms with Gasteiger partial charge in [0.15, 0.2) is 0 Å². The quantitative estimate of drug-likeness (QED) is 0.847. The number of benzene rings is 2. The fourth-order valence-corrected chi connectivity index (χ4v) is 4.60. The molecular formula is C17H18FNO2S. The van der Waals surface area contributed by atoms with E-state index in [4.69, 9.17) is 0 Å². The molecule has 3 nitrogen and oxygen atoms in total. The van der Waals surface area contributed by atoms with Crippen molar-refractivity contribution in [3.8, 4) is 0 Å². The van der Waals surface area contributed by atoms with Gasteiger partial charge in [-0.2, -0.15) is 0 Å². The van der Waals surface area contributed by atoms with Crippen molar-refractivity contribution in [2.75, 3.05) is 4.31 Å². The lowest BCUT2D eigenvalue weighted by Crippen LogP contribution is -2.42. The van der Waals surface area contributed by atoms with Crippen LogP contribution in [0, 0.1) is 12.7 Å². The van der Waals surface area contributed by atoms with Gasteiger partial charge < -0.3 is 0 Å². The van der Waals surface area contributed by atoms with Gasteiger partial charge in [-0.05, 0) is 62.6 Å². The Kier molecular flexibility index (Phi) is 3.68. The van der Waals surface area contributed by atoms with Crippen molar-refractivity contribution in [2.45, 2.75) is 37.6 Å². The Morgan fingerprint density at radius 1 is 1.14 bits per heavy atom. The number of anilines is 1. The van der Waals surface area contributed by atoms with Gasteiger partial charge in [-0.15, -0.1) is 0 Å². The highest BCUT2D eigenvalue weighted by Gasteiger charge is 2.33. The molecule has 0 fully saturated rings. The molecule has 1 aliphatic heterocycles. The minimum absolute atomic E-state index is 0.149. The van der Waals surface area contributed by atoms with E-state index in [1.165, 1.54) is 16.4 Å². The second-order valence-electron chi connectivity index (χ2n) is 5.77. The number of rotatable bonds is 2. The van der Waals surface area contributed by atoms with Crippen molar-refractivity contribution in [1.29, 1.82) is 0 Å². The van der Waals surface area contributed by atoms with Crippen LogP contribution in [0.1, 0.15) is 24.5 Å². The maximum Gasteiger partial charge on any atom is 0.264 e. The minimum Gasteiger partial charge on any atom is -0.263 e. The van der Waals surface area contributed by atoms with Gasteiger partial charge in [-0.1, -0.05) is 17.7 Å². The molecular weight excluding hydrogens is 301 g/mol. The third kappa shape index (κ3) is 2.50. The van der Waals surface area contributed by atoms with E-state index >= 15 is 0 Å². The molecule has 0 spiro atoms. The third-order valence-electron chi connectivity index (χ3n) is 4.09. The van der Waals surface area contributed by atoms with Crippen LogP contribution in [0.5, 0.6) is 0 Å². The van der Waals surface area contributed by atoms with E-state index in [0.717, 1.165) is 11.1 Å². The molecule has 0 saturated carbocycles. The number of aryl methyl sites for hydroxylation is 2. The Bertz CT molecular complexity index is 800. The summed E-state index contributed by atoms with van der Waals surface area (Å²) in [5.41, 5.74) is 2.34. The van der Waals surface area contributed by atoms with Gasteiger partial charge in [0.25, 0.3) is 10.0 Å². The second-order valence-corrected chi connectivity index (χ2v) is 7.59. The first-order chi connectivity index (χ1) is 10.4. The maximum absolute atomic E-state index is 13.4. The van der Waals surface area contributed by atoms with Crippen LogP contribution < -0.4 is 4.31 Å². The first-order valence-electron chi connectivity index (χ1n) is 7.29. The fourth-order valence-electron chi connectivity index (χ4n) is 2.88. The average Bonchev–Trinajstić information content (AvgIpc) is 2.47. The molecule has 0 aromatic heterocycles. The van der Waals surface area contributed by atoms with E-state index in [-0.39, 0.29) is 16.8 Å². The predicted octanol–water partition coefficient (Wildman–Crippen LogP) is 3.66. The maximum atomic E-state index is 13.4. The smallest absolute Gasteiger partial charge is 0.263 e. The highest BCUT2D eigenvalue weighted by molar-refractivity contribution is 7.92. The van der Waals surface area contributed by atoms with Crippen molar-refractivity contribution in [2.24, 2.45) is 0 Å². The van der Waals surface area contributed by atoms with Crippen LogP contribution in [0.4, 0.5) is 10.1 Å². The van der Waals surface area contributed by atoms with Crippen LogP contribution in [0.3, 0.4) is 0 Å². The summed E-state index contributed by atoms with van der Waals surface area (Å²) in [5, 5.41) is 0. The zero-order chi connectivity index (χ0) is 15.9. The van der Waals surface area contributed by atoms with Crippen LogP contribution in [0.15, 0.2) is 47.4 Å². The van der Waals surface area contributed by atoms with E-state index in [2.05, 4.69) is 0 Å². The fraction of sp³-hybridized carbons (Fsp3) is 0.294. The number of sulfonamides is 1. The Morgan fingerprint density at radius 3 is 2.50 bits per heavy atom. The van der Waals surface area contributed by atoms with Crippen molar-refractivity contribution in [3.63, 3.8) is 0 Å². The first kappa shape index (κ1) is 15.0. The summed E-state index contributed by atoms with van der Waals surface area (Å²) in [6, 6.07) is 11.0. The zero-order valence-electron chi connectivity index (χ0n) is 12.6. The lowest BCUT2D eigenvalue weighted by atomic mass is 9.99. The van der Waals surface area contributed by atoms with E-state index in [1.54, 1.807) is 30.3 Å². The molecule has 5 heteroatoms. The minimum atomic E-state index is -3.64. The summed E-state index contributed by atoms with van der Waals surface area (Å²) in [6.07, 6.45) is 1.37. The van der Waals surface area contributed by atoms with Crippen LogP contribution in [0.25, 0.3) is 0 Å². The SMILES string of the molecule is Cc1ccc(S(=O)(=O)N2c3ccc(F)cc3CC[C@@H]2C)cc1. The molecule has 22 heavy (non-hydrogen) atoms. The Hall–Kier alpha value is -1.88. The number of halogens is 1. The molecule has 0 amide bonds. The number of nitrogens with zero attached hydrogens (tertiary/aromatic N) is 1. The predicted molar refractivity (Wildman–Crippen MR) is 85.0 cm³/mol. The summed E-state index contributed by atoms with van der Waals surface area (Å²) in [5.74, 6) is -0.332. The van der Waals surface area contributed by atoms with Gasteiger partial charge in [0.05, 0.1) is 10.6 Å². The molecule has 2 aromatic carbocycles. The summed E-state index contributed by atoms with van der Waals surface area (Å²) < 4.78 is 40.8. The van der Waals surface area contributed by atoms with Gasteiger partial charge in [0.1, 0.15) is 5.82 Å². The van der Waals surface area contributed by atoms with Crippen LogP contribution in [-0.4, -0.2) is 14.5 Å². The highest BCUT2D eigenvalue weighted by atomic mass is 32.2. The van der Waals surface area contributed by atoms with Crippen molar-refractivity contribution in [3.05, 3.63) is 59.4 Å². The Morgan fingerprint density at radius 2 is 1.82 bits per heavy atom. The zero-order valence-corrected chi connectivity index (χ0v) is 13.4. The molecule has 0 aliphatic carbocycles. The Labute approximate surface area is 130 Å². The van der Waals surface area contributed by atoms with Crippen molar-refractivity contribution in [1.82, 2.24) is 0 Å². The monoisotopic (exact) mass is 319 g/mol. The molecule has 0 radical (unpaired) electrons. The number of hydrogen-bond acceptors (Lipinski definition) is 2. The normalized spacial score (nSPS) is 18.1. The van der Waals surface area contributed by atoms with Gasteiger partial charge in [-0.25, -0.2) is 12.8 Å². The van der Waals surface area contributed by atoms with E-state index in [0.29, 0.717) is 18.5 Å². The Balaban J connectivity index is 2.12. The van der Waals surface area contributed by atoms with E-state index in [9.17, 15) is 12.8 Å². The largest absolute Gasteiger partial charge is 0.264 e. The summed E-state index contributed by atoms with van der Waals surface area (Å²) >= 11 is 0. The molecule has 1 heterocycles. The summed E-state index contributed by atoms with van der Waals surface area (Å²) in [6.45, 7) is 3.80. The molecule has 0 saturated heterocycles. The van der Waals surface area contributed by atoms with Crippen LogP contribution >= 0.6 is 0 Å². The molecule has 0 N–H and O–H groups in total. The molecule has 0 unspecified atom stereocenters. The van der Waals surface area contributed by atoms with Crippen molar-refractivity contribution >= 4 is 15.7 Å². The van der Waals surface area contributed by atoms with Gasteiger partial charge in [-0.3, -0.25) is 4.31 Å². The van der Waals surface area contributed by atoms with Crippen LogP contribution in [0.2, 0.25) is 0 Å². The van der Waals surface area contributed by atoms with Gasteiger partial charge in [0, 0.05) is 6.04 Å². The molecule has 3 rings (SSSR count). The number of fused-ring (bicyclic) bond motifs is 1. The van der Waals surface area contributed by atoms with Crippen LogP contribution in [-0.2, 0) is 16.4 Å². The summed E-state index contributed by atoms with van der Waals surface area (Å²) in [7, 11) is -3.64. The molecule has 0 bridgehead atoms. The van der Waals surface area contributed by atoms with Gasteiger partial charge >= 0.3 is 0 Å². The second kappa shape index (κ2) is 5.39. The molecule has 2 aromatic rings. The van der Waals surface area contributed by atoms with E-state index in [1.807, 2.05) is 13.8 Å². The van der Waals surface area contributed by atoms with Crippen molar-refractivity contribution < 1.29 is 12.8 Å². The molecule has 1 aliphatic rings. The standard InChI is InChI=1S/C17H18FNO2S/c1-12-3-8-16(9-4-12)22(20,21)19-13(2)5-6-14-11-15(18)7-10-17(14)19/h3-4,7-11,13H,5-6H2,1-2H3/t13-/m0/s1. The number of hydrogen-bond donors (Lipinski definition) is 0. The highest BCUT2D eigenvalue weighted by Crippen LogP contribution is 2.35. The molecule has 1 atom stereocenters. The average molecular weight is 319 g/mol. The lowest BCUT2D eigenvalue weighted by Gasteiger charge is -2.36. The molecule has 116 valence electrons. The van der Waals surface area contributed by atoms with Gasteiger partial charge in [0.2, 0.25) is 0 Å².